The van der Waals surface area contributed by atoms with Crippen LogP contribution in [0.3, 0.4) is 0 Å². The Morgan fingerprint density at radius 2 is 1.29 bits per heavy atom. The average Bonchev–Trinajstić information content (AvgIpc) is 3.92. The molecule has 8 rings (SSSR count). The number of nitrogens with zero attached hydrogens (tertiary/aromatic N) is 3. The van der Waals surface area contributed by atoms with Crippen molar-refractivity contribution >= 4 is 79.2 Å². The van der Waals surface area contributed by atoms with E-state index in [1.54, 1.807) is 29.5 Å². The SMILES string of the molecule is CN(CCCOCc1cn(-c2ccc(Cl)cc2Cl)c2c1CCOc1ccsc1-2)CCCOCc1cn(-c2ccc(Cl)cc2Cl)c2c1CCOc1cc(S(=O)(=O)O)sc1-2. The van der Waals surface area contributed by atoms with Crippen LogP contribution in [0.25, 0.3) is 32.5 Å². The molecule has 6 heterocycles. The molecule has 2 aliphatic rings. The number of hydrogen-bond acceptors (Lipinski definition) is 9. The predicted molar refractivity (Wildman–Crippen MR) is 232 cm³/mol. The van der Waals surface area contributed by atoms with Gasteiger partial charge in [0.1, 0.15) is 11.5 Å². The summed E-state index contributed by atoms with van der Waals surface area (Å²) in [5.74, 6) is 1.27. The summed E-state index contributed by atoms with van der Waals surface area (Å²) in [6.07, 6.45) is 7.16. The standard InChI is InChI=1S/C41H39Cl4N3O7S3/c1-46(11-2-13-52-23-25-21-47(33-6-4-27(42)18-31(33)44)38-29(25)8-15-54-35-10-17-56-40(35)38)12-3-14-53-24-26-22-48(34-7-5-28(43)19-32(34)45)39-30(26)9-16-55-36-20-37(57-41(36)39)58(49,50)51/h4-7,10,17-22H,2-3,8-9,11-16,23-24H2,1H3,(H,49,50,51). The van der Waals surface area contributed by atoms with Gasteiger partial charge in [-0.2, -0.15) is 8.42 Å². The molecule has 0 saturated heterocycles. The highest BCUT2D eigenvalue weighted by molar-refractivity contribution is 7.88. The summed E-state index contributed by atoms with van der Waals surface area (Å²) in [6, 6.07) is 14.2. The summed E-state index contributed by atoms with van der Waals surface area (Å²) < 4.78 is 62.3. The maximum absolute atomic E-state index is 12.1. The first-order valence-electron chi connectivity index (χ1n) is 18.6. The Kier molecular flexibility index (Phi) is 12.9. The molecule has 0 saturated carbocycles. The van der Waals surface area contributed by atoms with Crippen LogP contribution in [0.4, 0.5) is 0 Å². The van der Waals surface area contributed by atoms with Gasteiger partial charge in [-0.1, -0.05) is 46.4 Å². The molecule has 0 amide bonds. The second-order valence-corrected chi connectivity index (χ2v) is 19.4. The van der Waals surface area contributed by atoms with E-state index in [-0.39, 0.29) is 4.21 Å². The molecule has 17 heteroatoms. The van der Waals surface area contributed by atoms with Crippen LogP contribution in [0, 0.1) is 0 Å². The highest BCUT2D eigenvalue weighted by atomic mass is 35.5. The van der Waals surface area contributed by atoms with Crippen LogP contribution < -0.4 is 9.47 Å². The largest absolute Gasteiger partial charge is 0.492 e. The Hall–Kier alpha value is -3.05. The number of thiophene rings is 2. The summed E-state index contributed by atoms with van der Waals surface area (Å²) in [5.41, 5.74) is 7.62. The van der Waals surface area contributed by atoms with Crippen molar-refractivity contribution in [1.29, 1.82) is 0 Å². The second-order valence-electron chi connectivity index (χ2n) is 14.1. The van der Waals surface area contributed by atoms with Gasteiger partial charge in [0, 0.05) is 67.7 Å². The van der Waals surface area contributed by atoms with E-state index in [1.165, 1.54) is 11.6 Å². The van der Waals surface area contributed by atoms with Crippen molar-refractivity contribution in [3.8, 4) is 44.0 Å². The van der Waals surface area contributed by atoms with E-state index in [0.29, 0.717) is 82.5 Å². The molecular formula is C41H39Cl4N3O7S3. The van der Waals surface area contributed by atoms with Gasteiger partial charge in [0.2, 0.25) is 0 Å². The lowest BCUT2D eigenvalue weighted by molar-refractivity contribution is 0.100. The molecule has 0 aliphatic carbocycles. The number of benzene rings is 2. The third-order valence-electron chi connectivity index (χ3n) is 10.1. The number of halogens is 4. The van der Waals surface area contributed by atoms with E-state index in [9.17, 15) is 13.0 Å². The summed E-state index contributed by atoms with van der Waals surface area (Å²) >= 11 is 28.4. The Morgan fingerprint density at radius 3 is 1.83 bits per heavy atom. The van der Waals surface area contributed by atoms with E-state index < -0.39 is 10.1 Å². The maximum Gasteiger partial charge on any atom is 0.304 e. The van der Waals surface area contributed by atoms with Gasteiger partial charge in [-0.3, -0.25) is 4.55 Å². The highest BCUT2D eigenvalue weighted by Crippen LogP contribution is 2.47. The molecule has 0 spiro atoms. The first-order chi connectivity index (χ1) is 28.0. The Labute approximate surface area is 365 Å². The van der Waals surface area contributed by atoms with Crippen LogP contribution >= 0.6 is 69.1 Å². The number of fused-ring (bicyclic) bond motifs is 6. The predicted octanol–water partition coefficient (Wildman–Crippen LogP) is 10.9. The number of aromatic nitrogens is 2. The van der Waals surface area contributed by atoms with Crippen LogP contribution in [0.1, 0.15) is 35.1 Å². The van der Waals surface area contributed by atoms with Crippen LogP contribution in [0.2, 0.25) is 20.1 Å². The molecule has 1 N–H and O–H groups in total. The molecule has 0 atom stereocenters. The van der Waals surface area contributed by atoms with Crippen molar-refractivity contribution in [3.63, 3.8) is 0 Å². The van der Waals surface area contributed by atoms with E-state index in [4.69, 9.17) is 65.4 Å². The zero-order valence-electron chi connectivity index (χ0n) is 31.3. The molecule has 4 aromatic heterocycles. The van der Waals surface area contributed by atoms with Crippen molar-refractivity contribution in [2.75, 3.05) is 46.6 Å². The van der Waals surface area contributed by atoms with Crippen molar-refractivity contribution in [1.82, 2.24) is 14.0 Å². The van der Waals surface area contributed by atoms with Gasteiger partial charge in [0.15, 0.2) is 4.21 Å². The molecule has 0 unspecified atom stereocenters. The van der Waals surface area contributed by atoms with Gasteiger partial charge >= 0.3 is 10.1 Å². The molecule has 2 aromatic carbocycles. The molecule has 2 aliphatic heterocycles. The van der Waals surface area contributed by atoms with Crippen LogP contribution in [-0.2, 0) is 45.6 Å². The van der Waals surface area contributed by atoms with Gasteiger partial charge in [0.25, 0.3) is 0 Å². The van der Waals surface area contributed by atoms with Crippen molar-refractivity contribution in [2.45, 2.75) is 43.1 Å². The molecule has 0 radical (unpaired) electrons. The third kappa shape index (κ3) is 8.87. The van der Waals surface area contributed by atoms with Crippen LogP contribution in [0.5, 0.6) is 11.5 Å². The zero-order valence-corrected chi connectivity index (χ0v) is 36.8. The normalized spacial score (nSPS) is 13.6. The topological polar surface area (TPSA) is 104 Å². The molecule has 0 fully saturated rings. The van der Waals surface area contributed by atoms with E-state index in [2.05, 4.69) is 22.7 Å². The maximum atomic E-state index is 12.1. The minimum absolute atomic E-state index is 0.189. The minimum Gasteiger partial charge on any atom is -0.492 e. The minimum atomic E-state index is -4.43. The number of hydrogen-bond donors (Lipinski definition) is 1. The van der Waals surface area contributed by atoms with Gasteiger partial charge in [-0.25, -0.2) is 0 Å². The van der Waals surface area contributed by atoms with Crippen LogP contribution in [0.15, 0.2) is 70.5 Å². The van der Waals surface area contributed by atoms with Gasteiger partial charge in [0.05, 0.1) is 69.0 Å². The van der Waals surface area contributed by atoms with Crippen molar-refractivity contribution in [3.05, 3.63) is 109 Å². The lowest BCUT2D eigenvalue weighted by atomic mass is 10.1. The summed E-state index contributed by atoms with van der Waals surface area (Å²) in [6.45, 7) is 4.64. The molecule has 6 aromatic rings. The monoisotopic (exact) mass is 921 g/mol. The fraction of sp³-hybridized carbons (Fsp3) is 0.317. The fourth-order valence-corrected chi connectivity index (χ4v) is 11.2. The number of rotatable bonds is 15. The van der Waals surface area contributed by atoms with Gasteiger partial charge < -0.3 is 33.0 Å². The van der Waals surface area contributed by atoms with Crippen LogP contribution in [-0.4, -0.2) is 73.6 Å². The molecule has 10 nitrogen and oxygen atoms in total. The highest BCUT2D eigenvalue weighted by Gasteiger charge is 2.30. The Bertz CT molecular complexity index is 2560. The zero-order chi connectivity index (χ0) is 40.6. The van der Waals surface area contributed by atoms with E-state index >= 15 is 0 Å². The number of ether oxygens (including phenoxy) is 4. The first kappa shape index (κ1) is 41.7. The quantitative estimate of drug-likeness (QED) is 0.0802. The summed E-state index contributed by atoms with van der Waals surface area (Å²) in [4.78, 5) is 3.95. The summed E-state index contributed by atoms with van der Waals surface area (Å²) in [5, 5.41) is 4.15. The average molecular weight is 924 g/mol. The van der Waals surface area contributed by atoms with Gasteiger partial charge in [-0.05, 0) is 90.0 Å². The smallest absolute Gasteiger partial charge is 0.304 e. The first-order valence-corrected chi connectivity index (χ1v) is 23.3. The second kappa shape index (κ2) is 17.9. The van der Waals surface area contributed by atoms with E-state index in [0.717, 1.165) is 88.1 Å². The van der Waals surface area contributed by atoms with Crippen molar-refractivity contribution < 1.29 is 31.9 Å². The van der Waals surface area contributed by atoms with E-state index in [1.807, 2.05) is 40.4 Å². The molecule has 306 valence electrons. The Balaban J connectivity index is 0.859. The third-order valence-corrected chi connectivity index (χ3v) is 14.5. The lowest BCUT2D eigenvalue weighted by Crippen LogP contribution is -2.23. The van der Waals surface area contributed by atoms with Gasteiger partial charge in [-0.15, -0.1) is 22.7 Å². The Morgan fingerprint density at radius 1 is 0.759 bits per heavy atom. The lowest BCUT2D eigenvalue weighted by Gasteiger charge is -2.16. The van der Waals surface area contributed by atoms with Crippen molar-refractivity contribution in [2.24, 2.45) is 0 Å². The summed E-state index contributed by atoms with van der Waals surface area (Å²) in [7, 11) is -2.33. The fourth-order valence-electron chi connectivity index (χ4n) is 7.44. The molecular weight excluding hydrogens is 884 g/mol. The molecule has 0 bridgehead atoms. The molecule has 58 heavy (non-hydrogen) atoms.